The number of likely N-dealkylation sites (tertiary alicyclic amines) is 1. The van der Waals surface area contributed by atoms with Gasteiger partial charge in [-0.2, -0.15) is 13.2 Å². The van der Waals surface area contributed by atoms with Crippen LogP contribution in [0.25, 0.3) is 0 Å². The largest absolute Gasteiger partial charge is 0.415 e. The Kier molecular flexibility index (Phi) is 4.00. The highest BCUT2D eigenvalue weighted by Crippen LogP contribution is 2.48. The number of aryl methyl sites for hydroxylation is 1. The molecule has 2 atom stereocenters. The van der Waals surface area contributed by atoms with Gasteiger partial charge >= 0.3 is 12.2 Å². The molecule has 4 nitrogen and oxygen atoms in total. The molecule has 2 amide bonds. The number of nitrogens with one attached hydrogen (secondary N) is 1. The second-order valence-corrected chi connectivity index (χ2v) is 6.16. The monoisotopic (exact) mass is 328 g/mol. The van der Waals surface area contributed by atoms with Crippen LogP contribution in [0.1, 0.15) is 30.4 Å². The first-order chi connectivity index (χ1) is 10.9. The summed E-state index contributed by atoms with van der Waals surface area (Å²) in [5.74, 6) is 0. The van der Waals surface area contributed by atoms with E-state index in [2.05, 4.69) is 5.32 Å². The van der Waals surface area contributed by atoms with Crippen molar-refractivity contribution in [3.8, 4) is 0 Å². The van der Waals surface area contributed by atoms with Gasteiger partial charge in [0, 0.05) is 6.54 Å². The van der Waals surface area contributed by atoms with Crippen LogP contribution in [0.5, 0.6) is 0 Å². The van der Waals surface area contributed by atoms with E-state index < -0.39 is 23.8 Å². The van der Waals surface area contributed by atoms with Gasteiger partial charge in [0.15, 0.2) is 5.54 Å². The number of nitrogens with zero attached hydrogens (tertiary/aromatic N) is 1. The summed E-state index contributed by atoms with van der Waals surface area (Å²) in [4.78, 5) is 13.7. The Morgan fingerprint density at radius 1 is 1.39 bits per heavy atom. The Morgan fingerprint density at radius 2 is 2.13 bits per heavy atom. The number of urea groups is 1. The Morgan fingerprint density at radius 3 is 2.83 bits per heavy atom. The predicted octanol–water partition coefficient (Wildman–Crippen LogP) is 2.56. The molecule has 0 saturated carbocycles. The van der Waals surface area contributed by atoms with Gasteiger partial charge in [0.2, 0.25) is 0 Å². The lowest BCUT2D eigenvalue weighted by molar-refractivity contribution is -0.197. The molecule has 1 aliphatic heterocycles. The second-order valence-electron chi connectivity index (χ2n) is 6.16. The molecule has 1 aliphatic carbocycles. The van der Waals surface area contributed by atoms with Crippen molar-refractivity contribution in [2.45, 2.75) is 43.4 Å². The van der Waals surface area contributed by atoms with Crippen molar-refractivity contribution >= 4 is 6.03 Å². The molecule has 0 bridgehead atoms. The molecular formula is C16H19F3N2O2. The van der Waals surface area contributed by atoms with Gasteiger partial charge < -0.3 is 15.3 Å². The molecule has 0 radical (unpaired) electrons. The number of hydrogen-bond donors (Lipinski definition) is 2. The van der Waals surface area contributed by atoms with Crippen LogP contribution >= 0.6 is 0 Å². The number of benzene rings is 1. The number of fused-ring (bicyclic) bond motifs is 1. The average molecular weight is 328 g/mol. The van der Waals surface area contributed by atoms with Gasteiger partial charge in [-0.15, -0.1) is 0 Å². The number of aliphatic hydroxyl groups excluding tert-OH is 1. The molecule has 2 aliphatic rings. The maximum atomic E-state index is 13.8. The minimum atomic E-state index is -4.58. The molecule has 7 heteroatoms. The summed E-state index contributed by atoms with van der Waals surface area (Å²) in [6.45, 7) is 0.135. The molecule has 2 unspecified atom stereocenters. The van der Waals surface area contributed by atoms with Crippen molar-refractivity contribution < 1.29 is 23.1 Å². The summed E-state index contributed by atoms with van der Waals surface area (Å²) in [7, 11) is 0. The van der Waals surface area contributed by atoms with E-state index in [1.807, 2.05) is 0 Å². The number of carbonyl (C=O) groups excluding carboxylic acids is 1. The topological polar surface area (TPSA) is 52.6 Å². The summed E-state index contributed by atoms with van der Waals surface area (Å²) in [5, 5.41) is 11.5. The van der Waals surface area contributed by atoms with Gasteiger partial charge in [-0.3, -0.25) is 0 Å². The molecule has 1 fully saturated rings. The van der Waals surface area contributed by atoms with Crippen LogP contribution in [0.3, 0.4) is 0 Å². The van der Waals surface area contributed by atoms with Gasteiger partial charge in [-0.1, -0.05) is 24.3 Å². The van der Waals surface area contributed by atoms with Crippen LogP contribution in [0.15, 0.2) is 24.3 Å². The zero-order valence-corrected chi connectivity index (χ0v) is 12.6. The van der Waals surface area contributed by atoms with Crippen molar-refractivity contribution in [3.63, 3.8) is 0 Å². The molecule has 1 saturated heterocycles. The third kappa shape index (κ3) is 2.56. The molecule has 0 spiro atoms. The highest BCUT2D eigenvalue weighted by Gasteiger charge is 2.60. The first-order valence-corrected chi connectivity index (χ1v) is 7.74. The maximum absolute atomic E-state index is 13.8. The number of hydrogen-bond acceptors (Lipinski definition) is 2. The number of carbonyl (C=O) groups is 1. The van der Waals surface area contributed by atoms with Crippen LogP contribution in [0.2, 0.25) is 0 Å². The number of halogens is 3. The van der Waals surface area contributed by atoms with E-state index in [9.17, 15) is 23.1 Å². The fourth-order valence-electron chi connectivity index (χ4n) is 3.65. The van der Waals surface area contributed by atoms with E-state index in [0.29, 0.717) is 24.9 Å². The number of alkyl halides is 3. The lowest BCUT2D eigenvalue weighted by atomic mass is 9.91. The van der Waals surface area contributed by atoms with Crippen LogP contribution < -0.4 is 5.32 Å². The van der Waals surface area contributed by atoms with E-state index >= 15 is 0 Å². The SMILES string of the molecule is O=C(NC1(C(F)(F)F)CCc2ccccc21)N1CCCC1CO. The van der Waals surface area contributed by atoms with E-state index in [0.717, 1.165) is 0 Å². The van der Waals surface area contributed by atoms with Gasteiger partial charge in [-0.25, -0.2) is 4.79 Å². The summed E-state index contributed by atoms with van der Waals surface area (Å²) in [6, 6.07) is 5.20. The molecule has 3 rings (SSSR count). The van der Waals surface area contributed by atoms with E-state index in [1.54, 1.807) is 18.2 Å². The van der Waals surface area contributed by atoms with Gasteiger partial charge in [-0.05, 0) is 36.8 Å². The summed E-state index contributed by atoms with van der Waals surface area (Å²) in [6.07, 6.45) is -3.20. The second kappa shape index (κ2) is 5.70. The molecule has 126 valence electrons. The van der Waals surface area contributed by atoms with E-state index in [1.165, 1.54) is 11.0 Å². The Labute approximate surface area is 132 Å². The minimum absolute atomic E-state index is 0.126. The maximum Gasteiger partial charge on any atom is 0.415 e. The molecule has 0 aromatic heterocycles. The molecule has 2 N–H and O–H groups in total. The van der Waals surface area contributed by atoms with Crippen molar-refractivity contribution in [3.05, 3.63) is 35.4 Å². The quantitative estimate of drug-likeness (QED) is 0.877. The normalized spacial score (nSPS) is 27.1. The van der Waals surface area contributed by atoms with Crippen molar-refractivity contribution in [2.24, 2.45) is 0 Å². The lowest BCUT2D eigenvalue weighted by Crippen LogP contribution is -2.58. The molecule has 1 heterocycles. The third-order valence-corrected chi connectivity index (χ3v) is 4.90. The molecule has 1 aromatic carbocycles. The Hall–Kier alpha value is -1.76. The minimum Gasteiger partial charge on any atom is -0.394 e. The highest BCUT2D eigenvalue weighted by molar-refractivity contribution is 5.76. The fourth-order valence-corrected chi connectivity index (χ4v) is 3.65. The summed E-state index contributed by atoms with van der Waals surface area (Å²) >= 11 is 0. The van der Waals surface area contributed by atoms with Gasteiger partial charge in [0.05, 0.1) is 12.6 Å². The summed E-state index contributed by atoms with van der Waals surface area (Å²) < 4.78 is 41.5. The van der Waals surface area contributed by atoms with Crippen molar-refractivity contribution in [2.75, 3.05) is 13.2 Å². The van der Waals surface area contributed by atoms with E-state index in [-0.39, 0.29) is 25.0 Å². The highest BCUT2D eigenvalue weighted by atomic mass is 19.4. The third-order valence-electron chi connectivity index (χ3n) is 4.90. The fraction of sp³-hybridized carbons (Fsp3) is 0.562. The average Bonchev–Trinajstić information content (AvgIpc) is 3.12. The van der Waals surface area contributed by atoms with E-state index in [4.69, 9.17) is 0 Å². The van der Waals surface area contributed by atoms with Crippen molar-refractivity contribution in [1.29, 1.82) is 0 Å². The van der Waals surface area contributed by atoms with Crippen LogP contribution in [0, 0.1) is 0 Å². The smallest absolute Gasteiger partial charge is 0.394 e. The first kappa shape index (κ1) is 16.1. The van der Waals surface area contributed by atoms with Gasteiger partial charge in [0.25, 0.3) is 0 Å². The number of amides is 2. The van der Waals surface area contributed by atoms with Crippen LogP contribution in [0.4, 0.5) is 18.0 Å². The number of aliphatic hydroxyl groups is 1. The molecular weight excluding hydrogens is 309 g/mol. The number of rotatable bonds is 2. The first-order valence-electron chi connectivity index (χ1n) is 7.74. The van der Waals surface area contributed by atoms with Gasteiger partial charge in [0.1, 0.15) is 0 Å². The molecule has 1 aromatic rings. The standard InChI is InChI=1S/C16H19F3N2O2/c17-16(18,19)15(8-7-11-4-1-2-6-13(11)15)20-14(23)21-9-3-5-12(21)10-22/h1-2,4,6,12,22H,3,5,7-10H2,(H,20,23). The zero-order valence-electron chi connectivity index (χ0n) is 12.6. The molecule has 23 heavy (non-hydrogen) atoms. The lowest BCUT2D eigenvalue weighted by Gasteiger charge is -2.36. The summed E-state index contributed by atoms with van der Waals surface area (Å²) in [5.41, 5.74) is -1.60. The predicted molar refractivity (Wildman–Crippen MR) is 77.8 cm³/mol. The van der Waals surface area contributed by atoms with Crippen LogP contribution in [-0.2, 0) is 12.0 Å². The van der Waals surface area contributed by atoms with Crippen LogP contribution in [-0.4, -0.2) is 41.4 Å². The Bertz CT molecular complexity index is 605. The van der Waals surface area contributed by atoms with Crippen molar-refractivity contribution in [1.82, 2.24) is 10.2 Å². The Balaban J connectivity index is 1.92. The zero-order chi connectivity index (χ0) is 16.7.